The Labute approximate surface area is 228 Å². The van der Waals surface area contributed by atoms with Crippen LogP contribution in [0.1, 0.15) is 6.23 Å². The molecule has 40 heavy (non-hydrogen) atoms. The molecule has 1 saturated heterocycles. The van der Waals surface area contributed by atoms with E-state index < -0.39 is 56.3 Å². The Kier molecular flexibility index (Phi) is 8.32. The van der Waals surface area contributed by atoms with Gasteiger partial charge < -0.3 is 33.5 Å². The van der Waals surface area contributed by atoms with Crippen molar-refractivity contribution in [1.82, 2.24) is 19.5 Å². The molecule has 0 spiro atoms. The van der Waals surface area contributed by atoms with E-state index in [4.69, 9.17) is 28.4 Å². The molecule has 13 heteroatoms. The normalized spacial score (nSPS) is 20.1. The van der Waals surface area contributed by atoms with Crippen LogP contribution in [0.4, 0.5) is 0 Å². The molecule has 1 N–H and O–H groups in total. The summed E-state index contributed by atoms with van der Waals surface area (Å²) in [6, 6.07) is 17.4. The molecule has 208 valence electrons. The second-order valence-electron chi connectivity index (χ2n) is 8.57. The van der Waals surface area contributed by atoms with Gasteiger partial charge in [-0.15, -0.1) is 0 Å². The minimum absolute atomic E-state index is 0.228. The third-order valence-corrected chi connectivity index (χ3v) is 5.99. The molecule has 1 fully saturated rings. The molecular formula is C27H26N4O9. The van der Waals surface area contributed by atoms with Crippen molar-refractivity contribution in [3.8, 4) is 17.4 Å². The van der Waals surface area contributed by atoms with Crippen LogP contribution in [0.5, 0.6) is 17.4 Å². The highest BCUT2D eigenvalue weighted by atomic mass is 16.7. The number of para-hydroxylation sites is 2. The van der Waals surface area contributed by atoms with Gasteiger partial charge in [0, 0.05) is 0 Å². The minimum Gasteiger partial charge on any atom is -0.482 e. The first-order chi connectivity index (χ1) is 19.6. The number of hydrogen-bond donors (Lipinski definition) is 1. The molecule has 0 saturated carbocycles. The third-order valence-electron chi connectivity index (χ3n) is 5.99. The van der Waals surface area contributed by atoms with Gasteiger partial charge in [-0.25, -0.2) is 19.6 Å². The Morgan fingerprint density at radius 3 is 2.05 bits per heavy atom. The van der Waals surface area contributed by atoms with Gasteiger partial charge in [0.1, 0.15) is 23.9 Å². The number of carbonyl (C=O) groups is 2. The summed E-state index contributed by atoms with van der Waals surface area (Å²) in [5.74, 6) is -0.334. The molecule has 4 atom stereocenters. The molecule has 0 amide bonds. The molecule has 0 unspecified atom stereocenters. The van der Waals surface area contributed by atoms with Crippen LogP contribution in [0.25, 0.3) is 11.2 Å². The number of imidazole rings is 1. The van der Waals surface area contributed by atoms with Crippen molar-refractivity contribution < 1.29 is 43.1 Å². The molecule has 0 radical (unpaired) electrons. The first-order valence-corrected chi connectivity index (χ1v) is 12.3. The standard InChI is InChI=1S/C27H26N4O9/c1-35-26-22-25(28-15-29-26)31(16-30-22)27-24(40-21(34)14-37-18-10-6-3-7-11-18)23(19(12-32)38-27)39-20(33)13-36-17-8-4-2-5-9-17/h2-11,15-16,19,23-24,27,32H,12-14H2,1H3/t19-,23-,24+,27-/m1/s1. The van der Waals surface area contributed by atoms with E-state index in [0.717, 1.165) is 0 Å². The van der Waals surface area contributed by atoms with Crippen molar-refractivity contribution in [2.45, 2.75) is 24.5 Å². The van der Waals surface area contributed by atoms with Crippen LogP contribution in [0, 0.1) is 0 Å². The summed E-state index contributed by atoms with van der Waals surface area (Å²) in [6.45, 7) is -1.37. The van der Waals surface area contributed by atoms with Crippen molar-refractivity contribution in [2.75, 3.05) is 26.9 Å². The molecule has 0 bridgehead atoms. The smallest absolute Gasteiger partial charge is 0.344 e. The lowest BCUT2D eigenvalue weighted by molar-refractivity contribution is -0.171. The summed E-state index contributed by atoms with van der Waals surface area (Å²) < 4.78 is 35.1. The number of ether oxygens (including phenoxy) is 6. The zero-order valence-corrected chi connectivity index (χ0v) is 21.4. The lowest BCUT2D eigenvalue weighted by atomic mass is 10.1. The van der Waals surface area contributed by atoms with Crippen molar-refractivity contribution in [2.24, 2.45) is 0 Å². The number of nitrogens with zero attached hydrogens (tertiary/aromatic N) is 4. The predicted molar refractivity (Wildman–Crippen MR) is 137 cm³/mol. The Morgan fingerprint density at radius 2 is 1.48 bits per heavy atom. The predicted octanol–water partition coefficient (Wildman–Crippen LogP) is 1.71. The highest BCUT2D eigenvalue weighted by Gasteiger charge is 2.51. The highest BCUT2D eigenvalue weighted by molar-refractivity contribution is 5.76. The first-order valence-electron chi connectivity index (χ1n) is 12.3. The third kappa shape index (κ3) is 5.95. The maximum atomic E-state index is 12.9. The Bertz CT molecular complexity index is 1430. The van der Waals surface area contributed by atoms with Crippen LogP contribution in [-0.4, -0.2) is 81.8 Å². The average molecular weight is 551 g/mol. The van der Waals surface area contributed by atoms with Crippen LogP contribution >= 0.6 is 0 Å². The van der Waals surface area contributed by atoms with Crippen LogP contribution in [0.15, 0.2) is 73.3 Å². The van der Waals surface area contributed by atoms with E-state index in [0.29, 0.717) is 22.7 Å². The fraction of sp³-hybridized carbons (Fsp3) is 0.296. The second-order valence-corrected chi connectivity index (χ2v) is 8.57. The van der Waals surface area contributed by atoms with E-state index in [9.17, 15) is 14.7 Å². The highest BCUT2D eigenvalue weighted by Crippen LogP contribution is 2.36. The lowest BCUT2D eigenvalue weighted by Gasteiger charge is -2.24. The average Bonchev–Trinajstić information content (AvgIpc) is 3.57. The van der Waals surface area contributed by atoms with Gasteiger partial charge in [-0.2, -0.15) is 4.98 Å². The van der Waals surface area contributed by atoms with Gasteiger partial charge in [0.05, 0.1) is 20.0 Å². The number of rotatable bonds is 11. The molecule has 1 aliphatic rings. The SMILES string of the molecule is COc1ncnc2c1ncn2[C@@H]1O[C@H](CO)[C@@H](OC(=O)COc2ccccc2)[C@@H]1OC(=O)COc1ccccc1. The van der Waals surface area contributed by atoms with E-state index in [1.54, 1.807) is 48.5 Å². The van der Waals surface area contributed by atoms with E-state index in [-0.39, 0.29) is 5.88 Å². The molecule has 2 aromatic heterocycles. The number of carbonyl (C=O) groups excluding carboxylic acids is 2. The van der Waals surface area contributed by atoms with Gasteiger partial charge in [-0.1, -0.05) is 36.4 Å². The second kappa shape index (κ2) is 12.4. The Morgan fingerprint density at radius 1 is 0.875 bits per heavy atom. The summed E-state index contributed by atoms with van der Waals surface area (Å²) in [7, 11) is 1.44. The van der Waals surface area contributed by atoms with Gasteiger partial charge in [0.15, 0.2) is 42.8 Å². The molecule has 2 aromatic carbocycles. The number of fused-ring (bicyclic) bond motifs is 1. The van der Waals surface area contributed by atoms with Crippen LogP contribution in [0.3, 0.4) is 0 Å². The molecular weight excluding hydrogens is 524 g/mol. The zero-order valence-electron chi connectivity index (χ0n) is 21.4. The van der Waals surface area contributed by atoms with Gasteiger partial charge in [0.2, 0.25) is 5.88 Å². The summed E-state index contributed by atoms with van der Waals surface area (Å²) in [5.41, 5.74) is 0.651. The lowest BCUT2D eigenvalue weighted by Crippen LogP contribution is -2.42. The molecule has 13 nitrogen and oxygen atoms in total. The van der Waals surface area contributed by atoms with Gasteiger partial charge in [-0.05, 0) is 24.3 Å². The van der Waals surface area contributed by atoms with Gasteiger partial charge in [0.25, 0.3) is 0 Å². The van der Waals surface area contributed by atoms with Crippen molar-refractivity contribution in [3.63, 3.8) is 0 Å². The Hall–Kier alpha value is -4.75. The molecule has 5 rings (SSSR count). The fourth-order valence-corrected chi connectivity index (χ4v) is 4.20. The number of aromatic nitrogens is 4. The molecule has 3 heterocycles. The Balaban J connectivity index is 1.38. The number of aliphatic hydroxyl groups is 1. The van der Waals surface area contributed by atoms with Crippen LogP contribution < -0.4 is 14.2 Å². The molecule has 0 aliphatic carbocycles. The first kappa shape index (κ1) is 26.8. The van der Waals surface area contributed by atoms with Gasteiger partial charge >= 0.3 is 11.9 Å². The largest absolute Gasteiger partial charge is 0.482 e. The summed E-state index contributed by atoms with van der Waals surface area (Å²) in [6.07, 6.45) is -1.82. The minimum atomic E-state index is -1.21. The monoisotopic (exact) mass is 550 g/mol. The molecule has 4 aromatic rings. The van der Waals surface area contributed by atoms with Crippen molar-refractivity contribution >= 4 is 23.1 Å². The van der Waals surface area contributed by atoms with Crippen LogP contribution in [0.2, 0.25) is 0 Å². The summed E-state index contributed by atoms with van der Waals surface area (Å²) in [4.78, 5) is 38.2. The molecule has 1 aliphatic heterocycles. The topological polar surface area (TPSA) is 153 Å². The van der Waals surface area contributed by atoms with Gasteiger partial charge in [-0.3, -0.25) is 4.57 Å². The number of aliphatic hydroxyl groups excluding tert-OH is 1. The fourth-order valence-electron chi connectivity index (χ4n) is 4.20. The number of hydrogen-bond acceptors (Lipinski definition) is 12. The maximum absolute atomic E-state index is 12.9. The van der Waals surface area contributed by atoms with E-state index in [1.165, 1.54) is 24.3 Å². The number of methoxy groups -OCH3 is 1. The van der Waals surface area contributed by atoms with E-state index in [1.807, 2.05) is 12.1 Å². The maximum Gasteiger partial charge on any atom is 0.344 e. The summed E-state index contributed by atoms with van der Waals surface area (Å²) >= 11 is 0. The number of benzene rings is 2. The van der Waals surface area contributed by atoms with Crippen LogP contribution in [-0.2, 0) is 23.8 Å². The zero-order chi connectivity index (χ0) is 27.9. The van der Waals surface area contributed by atoms with E-state index >= 15 is 0 Å². The van der Waals surface area contributed by atoms with Crippen molar-refractivity contribution in [3.05, 3.63) is 73.3 Å². The van der Waals surface area contributed by atoms with Crippen molar-refractivity contribution in [1.29, 1.82) is 0 Å². The quantitative estimate of drug-likeness (QED) is 0.270. The number of esters is 2. The van der Waals surface area contributed by atoms with E-state index in [2.05, 4.69) is 15.0 Å². The summed E-state index contributed by atoms with van der Waals surface area (Å²) in [5, 5.41) is 10.1.